The van der Waals surface area contributed by atoms with Crippen LogP contribution in [0.1, 0.15) is 27.7 Å². The zero-order valence-corrected chi connectivity index (χ0v) is 14.3. The van der Waals surface area contributed by atoms with E-state index in [0.29, 0.717) is 42.8 Å². The van der Waals surface area contributed by atoms with E-state index in [1.54, 1.807) is 12.1 Å². The summed E-state index contributed by atoms with van der Waals surface area (Å²) in [7, 11) is 0. The predicted octanol–water partition coefficient (Wildman–Crippen LogP) is 2.48. The molecule has 24 heavy (non-hydrogen) atoms. The number of urea groups is 1. The Bertz CT molecular complexity index is 549. The largest absolute Gasteiger partial charge is 0.490 e. The summed E-state index contributed by atoms with van der Waals surface area (Å²) in [5, 5.41) is 13.7. The van der Waals surface area contributed by atoms with E-state index in [1.807, 2.05) is 20.8 Å². The second-order valence-corrected chi connectivity index (χ2v) is 4.76. The third-order valence-electron chi connectivity index (χ3n) is 2.89. The van der Waals surface area contributed by atoms with E-state index in [4.69, 9.17) is 19.3 Å². The summed E-state index contributed by atoms with van der Waals surface area (Å²) in [6, 6.07) is 1.55. The lowest BCUT2D eigenvalue weighted by atomic mass is 10.2. The van der Waals surface area contributed by atoms with Gasteiger partial charge in [-0.15, -0.1) is 0 Å². The monoisotopic (exact) mass is 340 g/mol. The average molecular weight is 340 g/mol. The molecule has 1 unspecified atom stereocenters. The third-order valence-corrected chi connectivity index (χ3v) is 2.89. The van der Waals surface area contributed by atoms with Crippen molar-refractivity contribution in [3.05, 3.63) is 12.1 Å². The van der Waals surface area contributed by atoms with Crippen molar-refractivity contribution < 1.29 is 28.9 Å². The van der Waals surface area contributed by atoms with E-state index in [-0.39, 0.29) is 0 Å². The van der Waals surface area contributed by atoms with Crippen LogP contribution in [0.2, 0.25) is 0 Å². The molecule has 0 saturated carbocycles. The number of anilines is 1. The fourth-order valence-electron chi connectivity index (χ4n) is 1.89. The highest BCUT2D eigenvalue weighted by Crippen LogP contribution is 2.40. The molecule has 0 spiro atoms. The van der Waals surface area contributed by atoms with Gasteiger partial charge in [-0.3, -0.25) is 4.79 Å². The number of carbonyl (C=O) groups excluding carboxylic acids is 1. The molecule has 3 N–H and O–H groups in total. The van der Waals surface area contributed by atoms with E-state index in [0.717, 1.165) is 0 Å². The first-order valence-electron chi connectivity index (χ1n) is 7.79. The van der Waals surface area contributed by atoms with Crippen LogP contribution in [0.15, 0.2) is 12.1 Å². The van der Waals surface area contributed by atoms with Crippen LogP contribution in [0.25, 0.3) is 0 Å². The van der Waals surface area contributed by atoms with E-state index in [9.17, 15) is 9.59 Å². The summed E-state index contributed by atoms with van der Waals surface area (Å²) >= 11 is 0. The lowest BCUT2D eigenvalue weighted by Crippen LogP contribution is -2.40. The molecule has 8 nitrogen and oxygen atoms in total. The minimum atomic E-state index is -1.12. The number of hydrogen-bond donors (Lipinski definition) is 3. The Morgan fingerprint density at radius 1 is 1.04 bits per heavy atom. The molecule has 1 atom stereocenters. The van der Waals surface area contributed by atoms with Crippen molar-refractivity contribution in [1.29, 1.82) is 0 Å². The molecule has 134 valence electrons. The Balaban J connectivity index is 3.05. The molecule has 0 radical (unpaired) electrons. The highest BCUT2D eigenvalue weighted by atomic mass is 16.5. The number of benzene rings is 1. The third kappa shape index (κ3) is 5.53. The fourth-order valence-corrected chi connectivity index (χ4v) is 1.89. The molecule has 0 bridgehead atoms. The molecule has 1 rings (SSSR count). The van der Waals surface area contributed by atoms with Crippen molar-refractivity contribution in [3.8, 4) is 17.2 Å². The van der Waals surface area contributed by atoms with Crippen molar-refractivity contribution in [2.75, 3.05) is 25.1 Å². The lowest BCUT2D eigenvalue weighted by molar-refractivity contribution is -0.138. The van der Waals surface area contributed by atoms with Gasteiger partial charge >= 0.3 is 12.0 Å². The van der Waals surface area contributed by atoms with E-state index >= 15 is 0 Å². The van der Waals surface area contributed by atoms with E-state index < -0.39 is 18.0 Å². The maximum absolute atomic E-state index is 11.9. The van der Waals surface area contributed by atoms with Crippen molar-refractivity contribution in [1.82, 2.24) is 5.32 Å². The SMILES string of the molecule is CCOc1cc(NC(=O)NC(C)C(=O)O)cc(OCC)c1OCC. The second kappa shape index (κ2) is 9.49. The summed E-state index contributed by atoms with van der Waals surface area (Å²) in [5.41, 5.74) is 0.403. The molecule has 1 aromatic carbocycles. The van der Waals surface area contributed by atoms with E-state index in [1.165, 1.54) is 6.92 Å². The topological polar surface area (TPSA) is 106 Å². The molecule has 0 fully saturated rings. The van der Waals surface area contributed by atoms with Crippen molar-refractivity contribution in [2.45, 2.75) is 33.7 Å². The molecular formula is C16H24N2O6. The first-order chi connectivity index (χ1) is 11.4. The average Bonchev–Trinajstić information content (AvgIpc) is 2.50. The van der Waals surface area contributed by atoms with Gasteiger partial charge in [-0.2, -0.15) is 0 Å². The highest BCUT2D eigenvalue weighted by molar-refractivity contribution is 5.92. The van der Waals surface area contributed by atoms with Gasteiger partial charge in [0.05, 0.1) is 25.5 Å². The Morgan fingerprint density at radius 2 is 1.54 bits per heavy atom. The molecule has 2 amide bonds. The van der Waals surface area contributed by atoms with Crippen LogP contribution in [-0.2, 0) is 4.79 Å². The zero-order chi connectivity index (χ0) is 18.1. The normalized spacial score (nSPS) is 11.3. The molecule has 0 heterocycles. The second-order valence-electron chi connectivity index (χ2n) is 4.76. The zero-order valence-electron chi connectivity index (χ0n) is 14.3. The first kappa shape index (κ1) is 19.4. The number of carbonyl (C=O) groups is 2. The van der Waals surface area contributed by atoms with Gasteiger partial charge in [0.2, 0.25) is 5.75 Å². The Hall–Kier alpha value is -2.64. The number of nitrogens with one attached hydrogen (secondary N) is 2. The van der Waals surface area contributed by atoms with Crippen LogP contribution in [0.5, 0.6) is 17.2 Å². The Labute approximate surface area is 141 Å². The van der Waals surface area contributed by atoms with Gasteiger partial charge in [-0.1, -0.05) is 0 Å². The molecule has 8 heteroatoms. The summed E-state index contributed by atoms with van der Waals surface area (Å²) in [6.45, 7) is 8.14. The smallest absolute Gasteiger partial charge is 0.325 e. The fraction of sp³-hybridized carbons (Fsp3) is 0.500. The van der Waals surface area contributed by atoms with Crippen LogP contribution in [-0.4, -0.2) is 43.0 Å². The molecule has 1 aromatic rings. The molecule has 0 aliphatic rings. The minimum Gasteiger partial charge on any atom is -0.490 e. The van der Waals surface area contributed by atoms with Crippen molar-refractivity contribution >= 4 is 17.7 Å². The number of ether oxygens (including phenoxy) is 3. The minimum absolute atomic E-state index is 0.403. The van der Waals surface area contributed by atoms with Gasteiger partial charge in [0.1, 0.15) is 6.04 Å². The summed E-state index contributed by atoms with van der Waals surface area (Å²) in [4.78, 5) is 22.7. The number of aliphatic carboxylic acids is 1. The van der Waals surface area contributed by atoms with Crippen molar-refractivity contribution in [2.24, 2.45) is 0 Å². The molecule has 0 aromatic heterocycles. The van der Waals surface area contributed by atoms with Crippen LogP contribution in [0.3, 0.4) is 0 Å². The van der Waals surface area contributed by atoms with Crippen LogP contribution >= 0.6 is 0 Å². The number of carboxylic acids is 1. The lowest BCUT2D eigenvalue weighted by Gasteiger charge is -2.18. The summed E-state index contributed by atoms with van der Waals surface area (Å²) in [6.07, 6.45) is 0. The Morgan fingerprint density at radius 3 is 1.96 bits per heavy atom. The highest BCUT2D eigenvalue weighted by Gasteiger charge is 2.18. The number of amides is 2. The quantitative estimate of drug-likeness (QED) is 0.638. The summed E-state index contributed by atoms with van der Waals surface area (Å²) < 4.78 is 16.7. The van der Waals surface area contributed by atoms with Gasteiger partial charge in [0, 0.05) is 12.1 Å². The number of rotatable bonds is 9. The standard InChI is InChI=1S/C16H24N2O6/c1-5-22-12-8-11(18-16(21)17-10(4)15(19)20)9-13(23-6-2)14(12)24-7-3/h8-10H,5-7H2,1-4H3,(H,19,20)(H2,17,18,21). The van der Waals surface area contributed by atoms with Crippen LogP contribution in [0.4, 0.5) is 10.5 Å². The molecular weight excluding hydrogens is 316 g/mol. The predicted molar refractivity (Wildman–Crippen MR) is 89.2 cm³/mol. The van der Waals surface area contributed by atoms with Gasteiger partial charge in [0.15, 0.2) is 11.5 Å². The molecule has 0 aliphatic heterocycles. The van der Waals surface area contributed by atoms with Crippen LogP contribution < -0.4 is 24.8 Å². The maximum Gasteiger partial charge on any atom is 0.325 e. The van der Waals surface area contributed by atoms with Crippen molar-refractivity contribution in [3.63, 3.8) is 0 Å². The molecule has 0 aliphatic carbocycles. The van der Waals surface area contributed by atoms with Gasteiger partial charge in [-0.25, -0.2) is 4.79 Å². The number of carboxylic acid groups (broad SMARTS) is 1. The van der Waals surface area contributed by atoms with Crippen LogP contribution in [0, 0.1) is 0 Å². The van der Waals surface area contributed by atoms with Gasteiger partial charge < -0.3 is 30.0 Å². The maximum atomic E-state index is 11.9. The van der Waals surface area contributed by atoms with E-state index in [2.05, 4.69) is 10.6 Å². The number of hydrogen-bond acceptors (Lipinski definition) is 5. The first-order valence-corrected chi connectivity index (χ1v) is 7.79. The van der Waals surface area contributed by atoms with Gasteiger partial charge in [-0.05, 0) is 27.7 Å². The molecule has 0 saturated heterocycles. The summed E-state index contributed by atoms with van der Waals surface area (Å²) in [5.74, 6) is 0.215. The Kier molecular flexibility index (Phi) is 7.67. The van der Waals surface area contributed by atoms with Gasteiger partial charge in [0.25, 0.3) is 0 Å².